The van der Waals surface area contributed by atoms with Gasteiger partial charge in [0.25, 0.3) is 5.91 Å². The van der Waals surface area contributed by atoms with Crippen molar-refractivity contribution in [2.24, 2.45) is 12.0 Å². The molecule has 0 N–H and O–H groups in total. The van der Waals surface area contributed by atoms with Crippen molar-refractivity contribution < 1.29 is 22.7 Å². The molecular weight excluding hydrogens is 474 g/mol. The van der Waals surface area contributed by atoms with Gasteiger partial charge in [-0.2, -0.15) is 9.30 Å². The number of sulfonamides is 1. The molecule has 3 aromatic rings. The number of amides is 1. The van der Waals surface area contributed by atoms with Crippen molar-refractivity contribution in [3.63, 3.8) is 0 Å². The van der Waals surface area contributed by atoms with Gasteiger partial charge in [0.1, 0.15) is 13.2 Å². The molecule has 2 aromatic carbocycles. The van der Waals surface area contributed by atoms with Crippen molar-refractivity contribution in [2.45, 2.75) is 43.5 Å². The second-order valence-electron chi connectivity index (χ2n) is 8.52. The molecule has 34 heavy (non-hydrogen) atoms. The summed E-state index contributed by atoms with van der Waals surface area (Å²) in [7, 11) is -1.74. The highest BCUT2D eigenvalue weighted by Gasteiger charge is 2.32. The maximum absolute atomic E-state index is 13.2. The molecule has 1 atom stereocenters. The SMILES string of the molecule is CCC1CCCCN1S(=O)(=O)c1ccc(C(=O)N=c2sc3cc4c(cc3n2C)OCCO4)cc1. The number of carbonyl (C=O) groups excluding carboxylic acids is 1. The van der Waals surface area contributed by atoms with E-state index in [1.807, 2.05) is 30.7 Å². The van der Waals surface area contributed by atoms with Gasteiger partial charge in [0.05, 0.1) is 15.1 Å². The van der Waals surface area contributed by atoms with E-state index < -0.39 is 15.9 Å². The number of benzene rings is 2. The van der Waals surface area contributed by atoms with Gasteiger partial charge in [-0.3, -0.25) is 4.79 Å². The predicted molar refractivity (Wildman–Crippen MR) is 130 cm³/mol. The van der Waals surface area contributed by atoms with E-state index in [1.54, 1.807) is 4.31 Å². The number of nitrogens with zero attached hydrogens (tertiary/aromatic N) is 3. The quantitative estimate of drug-likeness (QED) is 0.544. The van der Waals surface area contributed by atoms with E-state index in [0.29, 0.717) is 41.6 Å². The molecule has 0 spiro atoms. The molecule has 1 unspecified atom stereocenters. The molecule has 0 radical (unpaired) electrons. The summed E-state index contributed by atoms with van der Waals surface area (Å²) in [5.41, 5.74) is 1.24. The first kappa shape index (κ1) is 23.1. The third-order valence-electron chi connectivity index (χ3n) is 6.42. The molecule has 180 valence electrons. The van der Waals surface area contributed by atoms with Gasteiger partial charge in [-0.05, 0) is 43.5 Å². The number of piperidine rings is 1. The summed E-state index contributed by atoms with van der Waals surface area (Å²) >= 11 is 1.39. The van der Waals surface area contributed by atoms with Gasteiger partial charge in [0.15, 0.2) is 16.3 Å². The highest BCUT2D eigenvalue weighted by atomic mass is 32.2. The highest BCUT2D eigenvalue weighted by Crippen LogP contribution is 2.35. The van der Waals surface area contributed by atoms with Gasteiger partial charge in [0, 0.05) is 37.3 Å². The molecule has 0 saturated carbocycles. The Morgan fingerprint density at radius 2 is 1.82 bits per heavy atom. The van der Waals surface area contributed by atoms with E-state index in [1.165, 1.54) is 35.6 Å². The fraction of sp³-hybridized carbons (Fsp3) is 0.417. The summed E-state index contributed by atoms with van der Waals surface area (Å²) in [6.45, 7) is 3.57. The fourth-order valence-corrected chi connectivity index (χ4v) is 7.32. The maximum atomic E-state index is 13.2. The zero-order valence-electron chi connectivity index (χ0n) is 19.2. The first-order valence-electron chi connectivity index (χ1n) is 11.5. The first-order valence-corrected chi connectivity index (χ1v) is 13.7. The number of thiazole rings is 1. The van der Waals surface area contributed by atoms with Gasteiger partial charge in [0.2, 0.25) is 10.0 Å². The Kier molecular flexibility index (Phi) is 6.22. The third kappa shape index (κ3) is 4.14. The molecule has 1 saturated heterocycles. The minimum absolute atomic E-state index is 0.0319. The van der Waals surface area contributed by atoms with E-state index >= 15 is 0 Å². The number of rotatable bonds is 4. The van der Waals surface area contributed by atoms with Crippen molar-refractivity contribution in [1.29, 1.82) is 0 Å². The largest absolute Gasteiger partial charge is 0.486 e. The molecule has 10 heteroatoms. The average molecular weight is 502 g/mol. The summed E-state index contributed by atoms with van der Waals surface area (Å²) in [6.07, 6.45) is 3.61. The standard InChI is InChI=1S/C24H27N3O5S2/c1-3-17-6-4-5-11-27(17)34(29,30)18-9-7-16(8-10-18)23(28)25-24-26(2)19-14-20-21(15-22(19)33-24)32-13-12-31-20/h7-10,14-15,17H,3-6,11-13H2,1-2H3. The van der Waals surface area contributed by atoms with Gasteiger partial charge in [-0.25, -0.2) is 8.42 Å². The third-order valence-corrected chi connectivity index (χ3v) is 9.48. The molecule has 2 aliphatic rings. The summed E-state index contributed by atoms with van der Waals surface area (Å²) in [6, 6.07) is 9.93. The Morgan fingerprint density at radius 1 is 1.12 bits per heavy atom. The minimum Gasteiger partial charge on any atom is -0.486 e. The monoisotopic (exact) mass is 501 g/mol. The van der Waals surface area contributed by atoms with Crippen LogP contribution in [0.5, 0.6) is 11.5 Å². The van der Waals surface area contributed by atoms with Crippen LogP contribution < -0.4 is 14.3 Å². The smallest absolute Gasteiger partial charge is 0.279 e. The molecular formula is C24H27N3O5S2. The molecule has 1 aromatic heterocycles. The Balaban J connectivity index is 1.42. The van der Waals surface area contributed by atoms with Gasteiger partial charge >= 0.3 is 0 Å². The number of hydrogen-bond acceptors (Lipinski definition) is 6. The molecule has 2 aliphatic heterocycles. The van der Waals surface area contributed by atoms with Crippen LogP contribution in [0, 0.1) is 0 Å². The van der Waals surface area contributed by atoms with E-state index in [4.69, 9.17) is 9.47 Å². The van der Waals surface area contributed by atoms with E-state index in [0.717, 1.165) is 35.9 Å². The lowest BCUT2D eigenvalue weighted by Gasteiger charge is -2.34. The maximum Gasteiger partial charge on any atom is 0.279 e. The van der Waals surface area contributed by atoms with Crippen LogP contribution >= 0.6 is 11.3 Å². The fourth-order valence-electron chi connectivity index (χ4n) is 4.53. The minimum atomic E-state index is -3.59. The lowest BCUT2D eigenvalue weighted by molar-refractivity contribution is 0.0998. The molecule has 3 heterocycles. The highest BCUT2D eigenvalue weighted by molar-refractivity contribution is 7.89. The Bertz CT molecular complexity index is 1410. The van der Waals surface area contributed by atoms with E-state index in [9.17, 15) is 13.2 Å². The first-order chi connectivity index (χ1) is 16.4. The number of ether oxygens (including phenoxy) is 2. The number of aromatic nitrogens is 1. The van der Waals surface area contributed by atoms with Crippen molar-refractivity contribution >= 4 is 37.5 Å². The van der Waals surface area contributed by atoms with Crippen molar-refractivity contribution in [1.82, 2.24) is 8.87 Å². The number of aryl methyl sites for hydroxylation is 1. The molecule has 1 fully saturated rings. The van der Waals surface area contributed by atoms with Crippen molar-refractivity contribution in [3.05, 3.63) is 46.8 Å². The van der Waals surface area contributed by atoms with Crippen LogP contribution in [0.25, 0.3) is 10.2 Å². The van der Waals surface area contributed by atoms with E-state index in [-0.39, 0.29) is 10.9 Å². The van der Waals surface area contributed by atoms with Crippen molar-refractivity contribution in [3.8, 4) is 11.5 Å². The molecule has 0 bridgehead atoms. The number of hydrogen-bond donors (Lipinski definition) is 0. The van der Waals surface area contributed by atoms with Crippen LogP contribution in [-0.2, 0) is 17.1 Å². The lowest BCUT2D eigenvalue weighted by atomic mass is 10.0. The summed E-state index contributed by atoms with van der Waals surface area (Å²) in [4.78, 5) is 17.9. The number of carbonyl (C=O) groups is 1. The Hall–Kier alpha value is -2.69. The van der Waals surface area contributed by atoms with Gasteiger partial charge in [-0.1, -0.05) is 24.7 Å². The Morgan fingerprint density at radius 3 is 2.53 bits per heavy atom. The summed E-state index contributed by atoms with van der Waals surface area (Å²) in [5.74, 6) is 0.947. The second kappa shape index (κ2) is 9.16. The van der Waals surface area contributed by atoms with Crippen LogP contribution in [0.3, 0.4) is 0 Å². The predicted octanol–water partition coefficient (Wildman–Crippen LogP) is 3.71. The van der Waals surface area contributed by atoms with Crippen LogP contribution in [0.4, 0.5) is 0 Å². The van der Waals surface area contributed by atoms with Crippen LogP contribution in [-0.4, -0.2) is 49.0 Å². The topological polar surface area (TPSA) is 90.2 Å². The molecule has 0 aliphatic carbocycles. The molecule has 1 amide bonds. The van der Waals surface area contributed by atoms with Crippen LogP contribution in [0.15, 0.2) is 46.3 Å². The normalized spacial score (nSPS) is 19.5. The lowest BCUT2D eigenvalue weighted by Crippen LogP contribution is -2.43. The second-order valence-corrected chi connectivity index (χ2v) is 11.4. The summed E-state index contributed by atoms with van der Waals surface area (Å²) in [5, 5.41) is 0. The average Bonchev–Trinajstić information content (AvgIpc) is 3.16. The van der Waals surface area contributed by atoms with Crippen molar-refractivity contribution in [2.75, 3.05) is 19.8 Å². The Labute approximate surface area is 202 Å². The summed E-state index contributed by atoms with van der Waals surface area (Å²) < 4.78 is 42.1. The van der Waals surface area contributed by atoms with Crippen LogP contribution in [0.1, 0.15) is 43.0 Å². The zero-order chi connectivity index (χ0) is 23.9. The molecule has 8 nitrogen and oxygen atoms in total. The zero-order valence-corrected chi connectivity index (χ0v) is 20.8. The number of fused-ring (bicyclic) bond motifs is 2. The van der Waals surface area contributed by atoms with Gasteiger partial charge < -0.3 is 14.0 Å². The van der Waals surface area contributed by atoms with E-state index in [2.05, 4.69) is 4.99 Å². The molecule has 5 rings (SSSR count). The van der Waals surface area contributed by atoms with Crippen LogP contribution in [0.2, 0.25) is 0 Å². The van der Waals surface area contributed by atoms with Gasteiger partial charge in [-0.15, -0.1) is 0 Å².